The van der Waals surface area contributed by atoms with E-state index in [-0.39, 0.29) is 31.1 Å². The van der Waals surface area contributed by atoms with Crippen LogP contribution < -0.4 is 20.1 Å². The van der Waals surface area contributed by atoms with Gasteiger partial charge in [-0.3, -0.25) is 9.59 Å². The van der Waals surface area contributed by atoms with Crippen molar-refractivity contribution in [2.45, 2.75) is 26.3 Å². The van der Waals surface area contributed by atoms with Gasteiger partial charge in [0.05, 0.1) is 11.7 Å². The van der Waals surface area contributed by atoms with E-state index < -0.39 is 0 Å². The Morgan fingerprint density at radius 3 is 2.06 bits per heavy atom. The highest BCUT2D eigenvalue weighted by molar-refractivity contribution is 5.93. The van der Waals surface area contributed by atoms with Gasteiger partial charge in [-0.1, -0.05) is 74.5 Å². The summed E-state index contributed by atoms with van der Waals surface area (Å²) in [5, 5.41) is 5.84. The summed E-state index contributed by atoms with van der Waals surface area (Å²) < 4.78 is 11.2. The van der Waals surface area contributed by atoms with Crippen LogP contribution >= 0.6 is 0 Å². The number of carbonyl (C=O) groups excluding carboxylic acids is 2. The van der Waals surface area contributed by atoms with E-state index in [0.717, 1.165) is 12.0 Å². The molecule has 0 heterocycles. The summed E-state index contributed by atoms with van der Waals surface area (Å²) in [4.78, 5) is 24.9. The van der Waals surface area contributed by atoms with Crippen molar-refractivity contribution in [2.24, 2.45) is 5.92 Å². The summed E-state index contributed by atoms with van der Waals surface area (Å²) in [6.07, 6.45) is 0.823. The van der Waals surface area contributed by atoms with Gasteiger partial charge in [-0.25, -0.2) is 0 Å². The van der Waals surface area contributed by atoms with Gasteiger partial charge < -0.3 is 20.1 Å². The van der Waals surface area contributed by atoms with Crippen LogP contribution in [0.1, 0.15) is 31.9 Å². The van der Waals surface area contributed by atoms with Gasteiger partial charge in [-0.2, -0.15) is 0 Å². The standard InChI is InChI=1S/C27H30N2O4/c1-20(2)17-24(21-11-5-3-6-12-21)29-27(31)19-33-25-16-10-9-15-23(25)28-26(30)18-32-22-13-7-4-8-14-22/h3-16,20,24H,17-19H2,1-2H3,(H,28,30)(H,29,31). The van der Waals surface area contributed by atoms with Gasteiger partial charge in [0.25, 0.3) is 11.8 Å². The van der Waals surface area contributed by atoms with Crippen LogP contribution in [0, 0.1) is 5.92 Å². The highest BCUT2D eigenvalue weighted by Crippen LogP contribution is 2.24. The van der Waals surface area contributed by atoms with Crippen LogP contribution in [0.5, 0.6) is 11.5 Å². The number of anilines is 1. The molecule has 0 saturated heterocycles. The normalized spacial score (nSPS) is 11.5. The lowest BCUT2D eigenvalue weighted by atomic mass is 9.97. The Balaban J connectivity index is 1.55. The minimum absolute atomic E-state index is 0.0904. The van der Waals surface area contributed by atoms with Crippen molar-refractivity contribution in [3.05, 3.63) is 90.5 Å². The van der Waals surface area contributed by atoms with Gasteiger partial charge in [0.1, 0.15) is 11.5 Å². The van der Waals surface area contributed by atoms with Gasteiger partial charge in [0, 0.05) is 0 Å². The highest BCUT2D eigenvalue weighted by Gasteiger charge is 2.17. The molecule has 172 valence electrons. The maximum absolute atomic E-state index is 12.6. The quantitative estimate of drug-likeness (QED) is 0.435. The molecule has 6 nitrogen and oxygen atoms in total. The molecule has 3 aromatic rings. The van der Waals surface area contributed by atoms with Crippen LogP contribution in [0.4, 0.5) is 5.69 Å². The molecule has 1 unspecified atom stereocenters. The van der Waals surface area contributed by atoms with Gasteiger partial charge in [-0.15, -0.1) is 0 Å². The third kappa shape index (κ3) is 8.00. The molecule has 0 bridgehead atoms. The molecule has 6 heteroatoms. The molecule has 2 amide bonds. The maximum atomic E-state index is 12.6. The Bertz CT molecular complexity index is 1020. The molecule has 0 fully saturated rings. The van der Waals surface area contributed by atoms with E-state index in [1.54, 1.807) is 36.4 Å². The van der Waals surface area contributed by atoms with Crippen molar-refractivity contribution in [3.8, 4) is 11.5 Å². The Morgan fingerprint density at radius 1 is 0.758 bits per heavy atom. The van der Waals surface area contributed by atoms with Crippen LogP contribution in [-0.4, -0.2) is 25.0 Å². The molecular weight excluding hydrogens is 416 g/mol. The van der Waals surface area contributed by atoms with E-state index >= 15 is 0 Å². The lowest BCUT2D eigenvalue weighted by Crippen LogP contribution is -2.33. The lowest BCUT2D eigenvalue weighted by Gasteiger charge is -2.21. The number of hydrogen-bond acceptors (Lipinski definition) is 4. The van der Waals surface area contributed by atoms with Gasteiger partial charge in [0.2, 0.25) is 0 Å². The van der Waals surface area contributed by atoms with E-state index in [2.05, 4.69) is 24.5 Å². The largest absolute Gasteiger partial charge is 0.484 e. The molecule has 0 saturated carbocycles. The van der Waals surface area contributed by atoms with Gasteiger partial charge >= 0.3 is 0 Å². The Hall–Kier alpha value is -3.80. The van der Waals surface area contributed by atoms with Crippen molar-refractivity contribution < 1.29 is 19.1 Å². The lowest BCUT2D eigenvalue weighted by molar-refractivity contribution is -0.124. The molecule has 0 aliphatic heterocycles. The monoisotopic (exact) mass is 446 g/mol. The van der Waals surface area contributed by atoms with E-state index in [1.165, 1.54) is 0 Å². The number of nitrogens with one attached hydrogen (secondary N) is 2. The molecule has 0 radical (unpaired) electrons. The van der Waals surface area contributed by atoms with Gasteiger partial charge in [-0.05, 0) is 42.2 Å². The summed E-state index contributed by atoms with van der Waals surface area (Å²) in [7, 11) is 0. The molecule has 3 rings (SSSR count). The fraction of sp³-hybridized carbons (Fsp3) is 0.259. The number of para-hydroxylation sites is 3. The second-order valence-corrected chi connectivity index (χ2v) is 8.10. The molecule has 0 aliphatic rings. The second kappa shape index (κ2) is 12.3. The molecule has 1 atom stereocenters. The second-order valence-electron chi connectivity index (χ2n) is 8.10. The summed E-state index contributed by atoms with van der Waals surface area (Å²) in [5.41, 5.74) is 1.54. The molecule has 0 spiro atoms. The van der Waals surface area contributed by atoms with Gasteiger partial charge in [0.15, 0.2) is 13.2 Å². The number of carbonyl (C=O) groups is 2. The summed E-state index contributed by atoms with van der Waals surface area (Å²) in [5.74, 6) is 0.910. The number of hydrogen-bond donors (Lipinski definition) is 2. The Morgan fingerprint density at radius 2 is 1.36 bits per heavy atom. The number of benzene rings is 3. The SMILES string of the molecule is CC(C)CC(NC(=O)COc1ccccc1NC(=O)COc1ccccc1)c1ccccc1. The first kappa shape index (κ1) is 23.9. The van der Waals surface area contributed by atoms with Crippen molar-refractivity contribution in [1.29, 1.82) is 0 Å². The van der Waals surface area contributed by atoms with Crippen LogP contribution in [0.15, 0.2) is 84.9 Å². The first-order chi connectivity index (χ1) is 16.0. The van der Waals surface area contributed by atoms with Crippen molar-refractivity contribution in [3.63, 3.8) is 0 Å². The summed E-state index contributed by atoms with van der Waals surface area (Å²) in [6.45, 7) is 3.96. The highest BCUT2D eigenvalue weighted by atomic mass is 16.5. The topological polar surface area (TPSA) is 76.7 Å². The molecule has 33 heavy (non-hydrogen) atoms. The molecule has 0 aliphatic carbocycles. The van der Waals surface area contributed by atoms with E-state index in [0.29, 0.717) is 23.1 Å². The van der Waals surface area contributed by atoms with Crippen LogP contribution in [0.3, 0.4) is 0 Å². The van der Waals surface area contributed by atoms with E-state index in [4.69, 9.17) is 9.47 Å². The smallest absolute Gasteiger partial charge is 0.262 e. The summed E-state index contributed by atoms with van der Waals surface area (Å²) >= 11 is 0. The predicted octanol–water partition coefficient (Wildman–Crippen LogP) is 4.99. The Labute approximate surface area is 194 Å². The minimum Gasteiger partial charge on any atom is -0.484 e. The number of amides is 2. The average molecular weight is 447 g/mol. The fourth-order valence-electron chi connectivity index (χ4n) is 3.36. The first-order valence-electron chi connectivity index (χ1n) is 11.0. The zero-order valence-electron chi connectivity index (χ0n) is 19.0. The minimum atomic E-state index is -0.319. The van der Waals surface area contributed by atoms with Crippen molar-refractivity contribution in [2.75, 3.05) is 18.5 Å². The fourth-order valence-corrected chi connectivity index (χ4v) is 3.36. The molecule has 0 aromatic heterocycles. The van der Waals surface area contributed by atoms with Crippen LogP contribution in [0.25, 0.3) is 0 Å². The molecule has 2 N–H and O–H groups in total. The summed E-state index contributed by atoms with van der Waals surface area (Å²) in [6, 6.07) is 25.9. The van der Waals surface area contributed by atoms with Crippen LogP contribution in [-0.2, 0) is 9.59 Å². The van der Waals surface area contributed by atoms with E-state index in [9.17, 15) is 9.59 Å². The predicted molar refractivity (Wildman–Crippen MR) is 129 cm³/mol. The van der Waals surface area contributed by atoms with E-state index in [1.807, 2.05) is 48.5 Å². The Kier molecular flexibility index (Phi) is 8.88. The third-order valence-electron chi connectivity index (χ3n) is 4.88. The third-order valence-corrected chi connectivity index (χ3v) is 4.88. The number of rotatable bonds is 11. The van der Waals surface area contributed by atoms with Crippen molar-refractivity contribution in [1.82, 2.24) is 5.32 Å². The number of ether oxygens (including phenoxy) is 2. The van der Waals surface area contributed by atoms with Crippen LogP contribution in [0.2, 0.25) is 0 Å². The first-order valence-corrected chi connectivity index (χ1v) is 11.0. The maximum Gasteiger partial charge on any atom is 0.262 e. The average Bonchev–Trinajstić information content (AvgIpc) is 2.83. The zero-order valence-corrected chi connectivity index (χ0v) is 19.0. The molecule has 3 aromatic carbocycles. The zero-order chi connectivity index (χ0) is 23.5. The van der Waals surface area contributed by atoms with Crippen molar-refractivity contribution >= 4 is 17.5 Å². The molecular formula is C27H30N2O4.